The highest BCUT2D eigenvalue weighted by Gasteiger charge is 2.33. The van der Waals surface area contributed by atoms with E-state index in [1.54, 1.807) is 11.9 Å². The van der Waals surface area contributed by atoms with E-state index < -0.39 is 9.05 Å². The number of halogens is 1. The summed E-state index contributed by atoms with van der Waals surface area (Å²) in [5.74, 6) is -0.115. The molecule has 7 heteroatoms. The van der Waals surface area contributed by atoms with Crippen molar-refractivity contribution in [2.45, 2.75) is 55.5 Å². The fourth-order valence-electron chi connectivity index (χ4n) is 3.05. The fraction of sp³-hybridized carbons (Fsp3) is 0.643. The Bertz CT molecular complexity index is 658. The minimum Gasteiger partial charge on any atom is -0.339 e. The summed E-state index contributed by atoms with van der Waals surface area (Å²) in [4.78, 5) is 14.3. The van der Waals surface area contributed by atoms with E-state index in [4.69, 9.17) is 10.7 Å². The van der Waals surface area contributed by atoms with Crippen molar-refractivity contribution in [2.24, 2.45) is 0 Å². The molecule has 1 heterocycles. The van der Waals surface area contributed by atoms with Gasteiger partial charge in [-0.1, -0.05) is 12.8 Å². The molecular formula is C14H19ClN2O3S. The van der Waals surface area contributed by atoms with Crippen LogP contribution in [0.5, 0.6) is 0 Å². The van der Waals surface area contributed by atoms with Gasteiger partial charge in [0.2, 0.25) is 0 Å². The first-order valence-corrected chi connectivity index (χ1v) is 9.62. The van der Waals surface area contributed by atoms with Gasteiger partial charge in [0.05, 0.1) is 0 Å². The molecule has 2 fully saturated rings. The van der Waals surface area contributed by atoms with E-state index in [1.807, 2.05) is 4.57 Å². The summed E-state index contributed by atoms with van der Waals surface area (Å²) in [5, 5.41) is 0. The van der Waals surface area contributed by atoms with Crippen molar-refractivity contribution >= 4 is 25.6 Å². The second-order valence-corrected chi connectivity index (χ2v) is 8.56. The third-order valence-electron chi connectivity index (χ3n) is 4.46. The number of hydrogen-bond acceptors (Lipinski definition) is 3. The molecule has 0 aromatic carbocycles. The minimum absolute atomic E-state index is 0.0172. The van der Waals surface area contributed by atoms with Gasteiger partial charge in [0.25, 0.3) is 15.0 Å². The van der Waals surface area contributed by atoms with Gasteiger partial charge in [-0.25, -0.2) is 8.42 Å². The van der Waals surface area contributed by atoms with Crippen LogP contribution in [0.2, 0.25) is 0 Å². The van der Waals surface area contributed by atoms with Crippen molar-refractivity contribution in [3.63, 3.8) is 0 Å². The molecule has 1 aromatic heterocycles. The molecule has 0 unspecified atom stereocenters. The monoisotopic (exact) mass is 330 g/mol. The molecule has 116 valence electrons. The number of aromatic nitrogens is 1. The van der Waals surface area contributed by atoms with Crippen molar-refractivity contribution in [3.05, 3.63) is 18.0 Å². The molecule has 0 atom stereocenters. The predicted molar refractivity (Wildman–Crippen MR) is 80.1 cm³/mol. The van der Waals surface area contributed by atoms with Crippen LogP contribution in [-0.2, 0) is 9.05 Å². The van der Waals surface area contributed by atoms with Gasteiger partial charge in [-0.2, -0.15) is 0 Å². The Morgan fingerprint density at radius 1 is 1.29 bits per heavy atom. The Hall–Kier alpha value is -1.01. The lowest BCUT2D eigenvalue weighted by molar-refractivity contribution is 0.0772. The zero-order valence-electron chi connectivity index (χ0n) is 12.0. The normalized spacial score (nSPS) is 19.9. The van der Waals surface area contributed by atoms with Crippen LogP contribution in [0, 0.1) is 0 Å². The summed E-state index contributed by atoms with van der Waals surface area (Å²) in [6.07, 6.45) is 7.73. The molecule has 0 bridgehead atoms. The van der Waals surface area contributed by atoms with E-state index in [0.717, 1.165) is 38.5 Å². The van der Waals surface area contributed by atoms with E-state index in [-0.39, 0.29) is 16.8 Å². The van der Waals surface area contributed by atoms with E-state index in [1.165, 1.54) is 12.3 Å². The molecule has 0 radical (unpaired) electrons. The molecule has 2 saturated carbocycles. The maximum Gasteiger partial charge on any atom is 0.270 e. The zero-order valence-corrected chi connectivity index (χ0v) is 13.5. The van der Waals surface area contributed by atoms with E-state index in [0.29, 0.717) is 11.7 Å². The molecule has 5 nitrogen and oxygen atoms in total. The first-order chi connectivity index (χ1) is 9.88. The smallest absolute Gasteiger partial charge is 0.270 e. The SMILES string of the molecule is CN(C(=O)c1cc(S(=O)(=O)Cl)cn1C1CCCC1)C1CC1. The van der Waals surface area contributed by atoms with Gasteiger partial charge in [-0.15, -0.1) is 0 Å². The number of amides is 1. The number of nitrogens with zero attached hydrogens (tertiary/aromatic N) is 2. The summed E-state index contributed by atoms with van der Waals surface area (Å²) in [5.41, 5.74) is 0.440. The predicted octanol–water partition coefficient (Wildman–Crippen LogP) is 2.77. The van der Waals surface area contributed by atoms with Crippen LogP contribution < -0.4 is 0 Å². The molecule has 3 rings (SSSR count). The Labute approximate surface area is 129 Å². The Kier molecular flexibility index (Phi) is 3.78. The maximum atomic E-state index is 12.6. The van der Waals surface area contributed by atoms with Gasteiger partial charge in [0.15, 0.2) is 0 Å². The zero-order chi connectivity index (χ0) is 15.2. The van der Waals surface area contributed by atoms with Gasteiger partial charge >= 0.3 is 0 Å². The standard InChI is InChI=1S/C14H19ClN2O3S/c1-16(10-6-7-10)14(18)13-8-12(21(15,19)20)9-17(13)11-4-2-3-5-11/h8-11H,2-7H2,1H3. The average molecular weight is 331 g/mol. The van der Waals surface area contributed by atoms with Crippen molar-refractivity contribution < 1.29 is 13.2 Å². The van der Waals surface area contributed by atoms with Gasteiger partial charge in [0, 0.05) is 36.0 Å². The van der Waals surface area contributed by atoms with Gasteiger partial charge in [-0.3, -0.25) is 4.79 Å². The second-order valence-electron chi connectivity index (χ2n) is 5.99. The van der Waals surface area contributed by atoms with Gasteiger partial charge in [0.1, 0.15) is 10.6 Å². The maximum absolute atomic E-state index is 12.6. The molecule has 0 spiro atoms. The molecule has 0 aliphatic heterocycles. The third-order valence-corrected chi connectivity index (χ3v) is 5.78. The van der Waals surface area contributed by atoms with Crippen LogP contribution in [0.15, 0.2) is 17.2 Å². The Morgan fingerprint density at radius 2 is 1.90 bits per heavy atom. The average Bonchev–Trinajstić information content (AvgIpc) is 2.95. The summed E-state index contributed by atoms with van der Waals surface area (Å²) in [7, 11) is 3.41. The third kappa shape index (κ3) is 2.97. The fourth-order valence-corrected chi connectivity index (χ4v) is 3.80. The summed E-state index contributed by atoms with van der Waals surface area (Å²) >= 11 is 0. The van der Waals surface area contributed by atoms with Crippen LogP contribution in [0.4, 0.5) is 0 Å². The van der Waals surface area contributed by atoms with E-state index in [9.17, 15) is 13.2 Å². The molecule has 1 amide bonds. The molecule has 0 saturated heterocycles. The number of carbonyl (C=O) groups is 1. The quantitative estimate of drug-likeness (QED) is 0.797. The van der Waals surface area contributed by atoms with E-state index >= 15 is 0 Å². The summed E-state index contributed by atoms with van der Waals surface area (Å²) in [6, 6.07) is 1.91. The lowest BCUT2D eigenvalue weighted by atomic mass is 10.2. The van der Waals surface area contributed by atoms with Crippen LogP contribution in [-0.4, -0.2) is 36.9 Å². The highest BCUT2D eigenvalue weighted by Crippen LogP contribution is 2.34. The second kappa shape index (κ2) is 5.32. The van der Waals surface area contributed by atoms with Crippen LogP contribution in [0.3, 0.4) is 0 Å². The van der Waals surface area contributed by atoms with Crippen molar-refractivity contribution in [1.29, 1.82) is 0 Å². The van der Waals surface area contributed by atoms with Crippen LogP contribution >= 0.6 is 10.7 Å². The molecular weight excluding hydrogens is 312 g/mol. The van der Waals surface area contributed by atoms with Crippen molar-refractivity contribution in [2.75, 3.05) is 7.05 Å². The van der Waals surface area contributed by atoms with Crippen LogP contribution in [0.25, 0.3) is 0 Å². The molecule has 1 aromatic rings. The molecule has 2 aliphatic rings. The molecule has 21 heavy (non-hydrogen) atoms. The van der Waals surface area contributed by atoms with Crippen LogP contribution in [0.1, 0.15) is 55.1 Å². The number of rotatable bonds is 4. The Balaban J connectivity index is 1.99. The highest BCUT2D eigenvalue weighted by atomic mass is 35.7. The van der Waals surface area contributed by atoms with Gasteiger partial charge in [-0.05, 0) is 31.7 Å². The number of carbonyl (C=O) groups excluding carboxylic acids is 1. The minimum atomic E-state index is -3.82. The highest BCUT2D eigenvalue weighted by molar-refractivity contribution is 8.13. The first-order valence-electron chi connectivity index (χ1n) is 7.31. The van der Waals surface area contributed by atoms with Crippen molar-refractivity contribution in [1.82, 2.24) is 9.47 Å². The lowest BCUT2D eigenvalue weighted by Crippen LogP contribution is -2.31. The topological polar surface area (TPSA) is 59.4 Å². The first kappa shape index (κ1) is 14.9. The molecule has 2 aliphatic carbocycles. The lowest BCUT2D eigenvalue weighted by Gasteiger charge is -2.20. The Morgan fingerprint density at radius 3 is 2.43 bits per heavy atom. The summed E-state index contributed by atoms with van der Waals surface area (Å²) < 4.78 is 25.0. The largest absolute Gasteiger partial charge is 0.339 e. The number of hydrogen-bond donors (Lipinski definition) is 0. The molecule has 0 N–H and O–H groups in total. The summed E-state index contributed by atoms with van der Waals surface area (Å²) in [6.45, 7) is 0. The van der Waals surface area contributed by atoms with Crippen molar-refractivity contribution in [3.8, 4) is 0 Å². The van der Waals surface area contributed by atoms with Gasteiger partial charge < -0.3 is 9.47 Å². The van der Waals surface area contributed by atoms with E-state index in [2.05, 4.69) is 0 Å².